The lowest BCUT2D eigenvalue weighted by atomic mass is 9.79. The van der Waals surface area contributed by atoms with E-state index in [1.54, 1.807) is 0 Å². The predicted octanol–water partition coefficient (Wildman–Crippen LogP) is 1.70. The van der Waals surface area contributed by atoms with Crippen LogP contribution in [0.3, 0.4) is 0 Å². The molecule has 1 aromatic carbocycles. The van der Waals surface area contributed by atoms with Gasteiger partial charge in [-0.3, -0.25) is 4.79 Å². The van der Waals surface area contributed by atoms with Gasteiger partial charge in [-0.1, -0.05) is 24.3 Å². The second kappa shape index (κ2) is 6.91. The average molecular weight is 276 g/mol. The van der Waals surface area contributed by atoms with Gasteiger partial charge in [0.25, 0.3) is 0 Å². The topological polar surface area (TPSA) is 44.8 Å². The lowest BCUT2D eigenvalue weighted by molar-refractivity contribution is -0.143. The highest BCUT2D eigenvalue weighted by Gasteiger charge is 2.35. The molecule has 0 spiro atoms. The smallest absolute Gasteiger partial charge is 0.466 e. The quantitative estimate of drug-likeness (QED) is 0.606. The van der Waals surface area contributed by atoms with Crippen LogP contribution in [0.15, 0.2) is 24.3 Å². The molecule has 0 amide bonds. The van der Waals surface area contributed by atoms with Gasteiger partial charge in [0.1, 0.15) is 0 Å². The van der Waals surface area contributed by atoms with Crippen LogP contribution in [0.1, 0.15) is 32.8 Å². The Hall–Kier alpha value is -1.33. The summed E-state index contributed by atoms with van der Waals surface area (Å²) in [7, 11) is -0.279. The molecule has 0 aliphatic carbocycles. The fraction of sp³-hybridized carbons (Fsp3) is 0.533. The average Bonchev–Trinajstić information content (AvgIpc) is 2.77. The van der Waals surface area contributed by atoms with Crippen LogP contribution in [0.5, 0.6) is 0 Å². The molecule has 20 heavy (non-hydrogen) atoms. The summed E-state index contributed by atoms with van der Waals surface area (Å²) in [4.78, 5) is 11.3. The van der Waals surface area contributed by atoms with E-state index in [0.717, 1.165) is 11.0 Å². The van der Waals surface area contributed by atoms with Gasteiger partial charge in [-0.25, -0.2) is 0 Å². The van der Waals surface area contributed by atoms with E-state index in [1.165, 1.54) is 0 Å². The van der Waals surface area contributed by atoms with Crippen molar-refractivity contribution in [2.24, 2.45) is 0 Å². The molecular weight excluding hydrogens is 255 g/mol. The lowest BCUT2D eigenvalue weighted by Gasteiger charge is -2.07. The van der Waals surface area contributed by atoms with Gasteiger partial charge in [-0.15, -0.1) is 0 Å². The monoisotopic (exact) mass is 276 g/mol. The van der Waals surface area contributed by atoms with Crippen molar-refractivity contribution in [2.75, 3.05) is 6.61 Å². The molecule has 1 saturated heterocycles. The molecule has 2 unspecified atom stereocenters. The molecule has 108 valence electrons. The Morgan fingerprint density at radius 2 is 1.80 bits per heavy atom. The van der Waals surface area contributed by atoms with E-state index in [1.807, 2.05) is 45.0 Å². The fourth-order valence-electron chi connectivity index (χ4n) is 2.12. The van der Waals surface area contributed by atoms with Crippen molar-refractivity contribution in [3.05, 3.63) is 29.8 Å². The lowest BCUT2D eigenvalue weighted by Crippen LogP contribution is -2.32. The second-order valence-corrected chi connectivity index (χ2v) is 5.06. The number of hydrogen-bond donors (Lipinski definition) is 0. The van der Waals surface area contributed by atoms with Crippen LogP contribution in [0.2, 0.25) is 0 Å². The molecule has 0 N–H and O–H groups in total. The third kappa shape index (κ3) is 3.84. The van der Waals surface area contributed by atoms with Crippen LogP contribution < -0.4 is 5.46 Å². The first-order valence-electron chi connectivity index (χ1n) is 7.15. The van der Waals surface area contributed by atoms with Gasteiger partial charge in [0.2, 0.25) is 0 Å². The molecule has 0 aromatic heterocycles. The van der Waals surface area contributed by atoms with Gasteiger partial charge in [-0.05, 0) is 38.2 Å². The first kappa shape index (κ1) is 15.1. The molecule has 2 rings (SSSR count). The van der Waals surface area contributed by atoms with Crippen LogP contribution >= 0.6 is 0 Å². The zero-order valence-electron chi connectivity index (χ0n) is 12.3. The van der Waals surface area contributed by atoms with E-state index < -0.39 is 0 Å². The molecular formula is C15H21BO4. The number of carbonyl (C=O) groups excluding carboxylic acids is 1. The zero-order chi connectivity index (χ0) is 14.5. The first-order valence-corrected chi connectivity index (χ1v) is 7.15. The predicted molar refractivity (Wildman–Crippen MR) is 77.9 cm³/mol. The Morgan fingerprint density at radius 1 is 1.20 bits per heavy atom. The summed E-state index contributed by atoms with van der Waals surface area (Å²) in [5, 5.41) is 0. The minimum absolute atomic E-state index is 0.114. The number of aryl methyl sites for hydroxylation is 1. The Kier molecular flexibility index (Phi) is 5.20. The van der Waals surface area contributed by atoms with Crippen molar-refractivity contribution < 1.29 is 18.8 Å². The number of hydrogen-bond acceptors (Lipinski definition) is 4. The summed E-state index contributed by atoms with van der Waals surface area (Å²) in [5.41, 5.74) is 2.13. The zero-order valence-corrected chi connectivity index (χ0v) is 12.3. The van der Waals surface area contributed by atoms with Crippen LogP contribution in [0.25, 0.3) is 0 Å². The van der Waals surface area contributed by atoms with Crippen molar-refractivity contribution in [2.45, 2.75) is 45.8 Å². The van der Waals surface area contributed by atoms with Gasteiger partial charge >= 0.3 is 13.1 Å². The maximum absolute atomic E-state index is 11.3. The van der Waals surface area contributed by atoms with Crippen molar-refractivity contribution in [1.29, 1.82) is 0 Å². The number of ether oxygens (including phenoxy) is 1. The van der Waals surface area contributed by atoms with E-state index >= 15 is 0 Å². The van der Waals surface area contributed by atoms with E-state index in [4.69, 9.17) is 14.0 Å². The Labute approximate surface area is 120 Å². The van der Waals surface area contributed by atoms with Crippen LogP contribution in [0.4, 0.5) is 0 Å². The van der Waals surface area contributed by atoms with E-state index in [9.17, 15) is 4.79 Å². The second-order valence-electron chi connectivity index (χ2n) is 5.06. The Bertz CT molecular complexity index is 436. The summed E-state index contributed by atoms with van der Waals surface area (Å²) >= 11 is 0. The van der Waals surface area contributed by atoms with Crippen molar-refractivity contribution in [3.8, 4) is 0 Å². The Morgan fingerprint density at radius 3 is 2.35 bits per heavy atom. The minimum atomic E-state index is -0.279. The highest BCUT2D eigenvalue weighted by molar-refractivity contribution is 6.61. The van der Waals surface area contributed by atoms with Crippen molar-refractivity contribution in [3.63, 3.8) is 0 Å². The SMILES string of the molecule is CCOC(=O)CCc1ccc(B2OC(C)C(C)O2)cc1. The van der Waals surface area contributed by atoms with Crippen LogP contribution in [-0.2, 0) is 25.3 Å². The summed E-state index contributed by atoms with van der Waals surface area (Å²) < 4.78 is 16.4. The molecule has 5 heteroatoms. The molecule has 1 aliphatic heterocycles. The van der Waals surface area contributed by atoms with Gasteiger partial charge in [0.15, 0.2) is 0 Å². The standard InChI is InChI=1S/C15H21BO4/c1-4-18-15(17)10-7-13-5-8-14(9-6-13)16-19-11(2)12(3)20-16/h5-6,8-9,11-12H,4,7,10H2,1-3H3. The molecule has 1 aliphatic rings. The summed E-state index contributed by atoms with van der Waals surface area (Å²) in [6, 6.07) is 8.01. The molecule has 1 heterocycles. The number of esters is 1. The van der Waals surface area contributed by atoms with Crippen LogP contribution in [0, 0.1) is 0 Å². The number of rotatable bonds is 5. The molecule has 1 aromatic rings. The number of benzene rings is 1. The van der Waals surface area contributed by atoms with E-state index in [0.29, 0.717) is 19.4 Å². The molecule has 4 nitrogen and oxygen atoms in total. The molecule has 0 bridgehead atoms. The van der Waals surface area contributed by atoms with Gasteiger partial charge in [0.05, 0.1) is 18.8 Å². The Balaban J connectivity index is 1.88. The van der Waals surface area contributed by atoms with Gasteiger partial charge in [-0.2, -0.15) is 0 Å². The highest BCUT2D eigenvalue weighted by atomic mass is 16.7. The molecule has 1 fully saturated rings. The molecule has 0 radical (unpaired) electrons. The van der Waals surface area contributed by atoms with E-state index in [2.05, 4.69) is 0 Å². The largest absolute Gasteiger partial charge is 0.494 e. The van der Waals surface area contributed by atoms with E-state index in [-0.39, 0.29) is 25.3 Å². The number of carbonyl (C=O) groups is 1. The van der Waals surface area contributed by atoms with Crippen molar-refractivity contribution in [1.82, 2.24) is 0 Å². The van der Waals surface area contributed by atoms with Gasteiger partial charge in [0, 0.05) is 6.42 Å². The third-order valence-corrected chi connectivity index (χ3v) is 3.51. The maximum Gasteiger partial charge on any atom is 0.494 e. The normalized spacial score (nSPS) is 22.1. The van der Waals surface area contributed by atoms with Gasteiger partial charge < -0.3 is 14.0 Å². The highest BCUT2D eigenvalue weighted by Crippen LogP contribution is 2.15. The van der Waals surface area contributed by atoms with Crippen molar-refractivity contribution >= 4 is 18.6 Å². The summed E-state index contributed by atoms with van der Waals surface area (Å²) in [5.74, 6) is -0.151. The maximum atomic E-state index is 11.3. The summed E-state index contributed by atoms with van der Waals surface area (Å²) in [6.45, 7) is 6.28. The molecule has 0 saturated carbocycles. The summed E-state index contributed by atoms with van der Waals surface area (Å²) in [6.07, 6.45) is 1.34. The fourth-order valence-corrected chi connectivity index (χ4v) is 2.12. The molecule has 2 atom stereocenters. The third-order valence-electron chi connectivity index (χ3n) is 3.51. The minimum Gasteiger partial charge on any atom is -0.466 e. The first-order chi connectivity index (χ1) is 9.60. The van der Waals surface area contributed by atoms with Crippen LogP contribution in [-0.4, -0.2) is 31.9 Å².